The van der Waals surface area contributed by atoms with Gasteiger partial charge in [-0.25, -0.2) is 0 Å². The van der Waals surface area contributed by atoms with E-state index in [4.69, 9.17) is 0 Å². The third-order valence-corrected chi connectivity index (χ3v) is 2.99. The van der Waals surface area contributed by atoms with Crippen LogP contribution in [0.1, 0.15) is 12.0 Å². The molecule has 1 saturated heterocycles. The van der Waals surface area contributed by atoms with E-state index in [0.717, 1.165) is 32.6 Å². The Morgan fingerprint density at radius 3 is 2.81 bits per heavy atom. The summed E-state index contributed by atoms with van der Waals surface area (Å²) in [6.07, 6.45) is 5.57. The number of carbonyl (C=O) groups excluding carboxylic acids is 1. The van der Waals surface area contributed by atoms with E-state index < -0.39 is 0 Å². The molecule has 0 saturated carbocycles. The van der Waals surface area contributed by atoms with Gasteiger partial charge in [0.2, 0.25) is 5.91 Å². The topological polar surface area (TPSA) is 37.3 Å². The van der Waals surface area contributed by atoms with Crippen molar-refractivity contribution in [2.45, 2.75) is 12.8 Å². The quantitative estimate of drug-likeness (QED) is 0.801. The highest BCUT2D eigenvalue weighted by atomic mass is 16.2. The summed E-state index contributed by atoms with van der Waals surface area (Å²) in [7, 11) is 2.00. The van der Waals surface area contributed by atoms with E-state index in [1.54, 1.807) is 0 Å². The lowest BCUT2D eigenvalue weighted by atomic mass is 10.1. The molecule has 0 spiro atoms. The Labute approximate surface area is 96.2 Å². The van der Waals surface area contributed by atoms with Crippen LogP contribution in [0.5, 0.6) is 0 Å². The number of aryl methyl sites for hydroxylation is 2. The highest BCUT2D eigenvalue weighted by Gasteiger charge is 2.15. The van der Waals surface area contributed by atoms with Gasteiger partial charge in [0.05, 0.1) is 0 Å². The van der Waals surface area contributed by atoms with Crippen LogP contribution in [-0.2, 0) is 18.3 Å². The average Bonchev–Trinajstić information content (AvgIpc) is 2.73. The molecule has 1 aromatic heterocycles. The maximum atomic E-state index is 11.9. The summed E-state index contributed by atoms with van der Waals surface area (Å²) >= 11 is 0. The first kappa shape index (κ1) is 11.2. The average molecular weight is 221 g/mol. The van der Waals surface area contributed by atoms with Crippen molar-refractivity contribution >= 4 is 5.91 Å². The van der Waals surface area contributed by atoms with Gasteiger partial charge in [-0.05, 0) is 18.1 Å². The van der Waals surface area contributed by atoms with Crippen molar-refractivity contribution in [1.29, 1.82) is 0 Å². The molecule has 2 heterocycles. The van der Waals surface area contributed by atoms with Crippen LogP contribution in [0.25, 0.3) is 0 Å². The molecule has 88 valence electrons. The molecule has 0 atom stereocenters. The van der Waals surface area contributed by atoms with Crippen LogP contribution in [0.3, 0.4) is 0 Å². The van der Waals surface area contributed by atoms with Gasteiger partial charge < -0.3 is 14.8 Å². The molecule has 0 aromatic carbocycles. The number of rotatable bonds is 3. The number of hydrogen-bond acceptors (Lipinski definition) is 2. The van der Waals surface area contributed by atoms with Crippen LogP contribution < -0.4 is 5.32 Å². The maximum absolute atomic E-state index is 11.9. The van der Waals surface area contributed by atoms with Gasteiger partial charge in [0.1, 0.15) is 0 Å². The molecule has 0 aliphatic carbocycles. The van der Waals surface area contributed by atoms with Gasteiger partial charge in [-0.1, -0.05) is 0 Å². The molecule has 1 aliphatic rings. The Kier molecular flexibility index (Phi) is 3.62. The van der Waals surface area contributed by atoms with Gasteiger partial charge in [0, 0.05) is 52.0 Å². The second kappa shape index (κ2) is 5.16. The fourth-order valence-electron chi connectivity index (χ4n) is 2.03. The Balaban J connectivity index is 1.78. The predicted molar refractivity (Wildman–Crippen MR) is 63.2 cm³/mol. The Bertz CT molecular complexity index is 353. The molecule has 1 amide bonds. The maximum Gasteiger partial charge on any atom is 0.222 e. The van der Waals surface area contributed by atoms with Crippen LogP contribution in [-0.4, -0.2) is 41.6 Å². The van der Waals surface area contributed by atoms with Gasteiger partial charge in [0.25, 0.3) is 0 Å². The standard InChI is InChI=1S/C12H19N3O/c1-14-7-4-11(10-14)2-3-12(16)15-8-5-13-6-9-15/h4,7,10,13H,2-3,5-6,8-9H2,1H3. The highest BCUT2D eigenvalue weighted by molar-refractivity contribution is 5.76. The number of hydrogen-bond donors (Lipinski definition) is 1. The summed E-state index contributed by atoms with van der Waals surface area (Å²) < 4.78 is 2.02. The van der Waals surface area contributed by atoms with E-state index in [0.29, 0.717) is 6.42 Å². The van der Waals surface area contributed by atoms with Gasteiger partial charge in [-0.2, -0.15) is 0 Å². The second-order valence-electron chi connectivity index (χ2n) is 4.32. The lowest BCUT2D eigenvalue weighted by Crippen LogP contribution is -2.46. The first-order chi connectivity index (χ1) is 7.75. The SMILES string of the molecule is Cn1ccc(CCC(=O)N2CCNCC2)c1. The molecule has 4 heteroatoms. The Morgan fingerprint density at radius 1 is 1.44 bits per heavy atom. The Morgan fingerprint density at radius 2 is 2.19 bits per heavy atom. The van der Waals surface area contributed by atoms with E-state index in [1.165, 1.54) is 5.56 Å². The molecule has 0 unspecified atom stereocenters. The van der Waals surface area contributed by atoms with Gasteiger partial charge in [0.15, 0.2) is 0 Å². The molecule has 0 radical (unpaired) electrons. The van der Waals surface area contributed by atoms with Crippen molar-refractivity contribution in [2.75, 3.05) is 26.2 Å². The summed E-state index contributed by atoms with van der Waals surface area (Å²) in [5, 5.41) is 3.25. The third kappa shape index (κ3) is 2.85. The number of carbonyl (C=O) groups is 1. The molecule has 1 fully saturated rings. The molecule has 0 bridgehead atoms. The van der Waals surface area contributed by atoms with Crippen molar-refractivity contribution in [1.82, 2.24) is 14.8 Å². The molecule has 2 rings (SSSR count). The zero-order valence-corrected chi connectivity index (χ0v) is 9.78. The highest BCUT2D eigenvalue weighted by Crippen LogP contribution is 2.06. The monoisotopic (exact) mass is 221 g/mol. The lowest BCUT2D eigenvalue weighted by Gasteiger charge is -2.27. The fourth-order valence-corrected chi connectivity index (χ4v) is 2.03. The molecule has 16 heavy (non-hydrogen) atoms. The summed E-state index contributed by atoms with van der Waals surface area (Å²) in [5.41, 5.74) is 1.24. The van der Waals surface area contributed by atoms with Crippen LogP contribution in [0.2, 0.25) is 0 Å². The van der Waals surface area contributed by atoms with Crippen LogP contribution in [0.15, 0.2) is 18.5 Å². The first-order valence-electron chi connectivity index (χ1n) is 5.85. The van der Waals surface area contributed by atoms with Crippen LogP contribution in [0.4, 0.5) is 0 Å². The second-order valence-corrected chi connectivity index (χ2v) is 4.32. The first-order valence-corrected chi connectivity index (χ1v) is 5.85. The summed E-state index contributed by atoms with van der Waals surface area (Å²) in [6, 6.07) is 2.07. The van der Waals surface area contributed by atoms with Crippen molar-refractivity contribution in [3.8, 4) is 0 Å². The van der Waals surface area contributed by atoms with E-state index in [9.17, 15) is 4.79 Å². The number of aromatic nitrogens is 1. The van der Waals surface area contributed by atoms with Crippen molar-refractivity contribution in [3.05, 3.63) is 24.0 Å². The van der Waals surface area contributed by atoms with Crippen molar-refractivity contribution < 1.29 is 4.79 Å². The summed E-state index contributed by atoms with van der Waals surface area (Å²) in [5.74, 6) is 0.283. The summed E-state index contributed by atoms with van der Waals surface area (Å²) in [6.45, 7) is 3.56. The van der Waals surface area contributed by atoms with Crippen LogP contribution in [0, 0.1) is 0 Å². The van der Waals surface area contributed by atoms with Crippen LogP contribution >= 0.6 is 0 Å². The minimum absolute atomic E-state index is 0.283. The molecule has 1 aromatic rings. The van der Waals surface area contributed by atoms with Gasteiger partial charge in [-0.15, -0.1) is 0 Å². The van der Waals surface area contributed by atoms with E-state index in [2.05, 4.69) is 17.6 Å². The van der Waals surface area contributed by atoms with Crippen molar-refractivity contribution in [3.63, 3.8) is 0 Å². The zero-order valence-electron chi connectivity index (χ0n) is 9.78. The Hall–Kier alpha value is -1.29. The zero-order chi connectivity index (χ0) is 11.4. The van der Waals surface area contributed by atoms with E-state index >= 15 is 0 Å². The minimum atomic E-state index is 0.283. The van der Waals surface area contributed by atoms with Gasteiger partial charge >= 0.3 is 0 Å². The van der Waals surface area contributed by atoms with Crippen molar-refractivity contribution in [2.24, 2.45) is 7.05 Å². The van der Waals surface area contributed by atoms with E-state index in [-0.39, 0.29) is 5.91 Å². The van der Waals surface area contributed by atoms with Gasteiger partial charge in [-0.3, -0.25) is 4.79 Å². The molecule has 1 aliphatic heterocycles. The fraction of sp³-hybridized carbons (Fsp3) is 0.583. The predicted octanol–water partition coefficient (Wildman–Crippen LogP) is 0.390. The molecular weight excluding hydrogens is 202 g/mol. The lowest BCUT2D eigenvalue weighted by molar-refractivity contribution is -0.131. The summed E-state index contributed by atoms with van der Waals surface area (Å²) in [4.78, 5) is 13.8. The number of amides is 1. The third-order valence-electron chi connectivity index (χ3n) is 2.99. The number of piperazine rings is 1. The smallest absolute Gasteiger partial charge is 0.222 e. The molecule has 1 N–H and O–H groups in total. The van der Waals surface area contributed by atoms with E-state index in [1.807, 2.05) is 22.7 Å². The molecular formula is C12H19N3O. The number of nitrogens with zero attached hydrogens (tertiary/aromatic N) is 2. The molecule has 4 nitrogen and oxygen atoms in total. The normalized spacial score (nSPS) is 16.4. The number of nitrogens with one attached hydrogen (secondary N) is 1. The minimum Gasteiger partial charge on any atom is -0.357 e. The largest absolute Gasteiger partial charge is 0.357 e.